The Kier molecular flexibility index (Phi) is 2.86. The van der Waals surface area contributed by atoms with Gasteiger partial charge in [0.2, 0.25) is 6.79 Å². The molecule has 0 atom stereocenters. The highest BCUT2D eigenvalue weighted by Gasteiger charge is 2.18. The van der Waals surface area contributed by atoms with E-state index < -0.39 is 5.54 Å². The number of phenols is 1. The Morgan fingerprint density at radius 1 is 1.41 bits per heavy atom. The summed E-state index contributed by atoms with van der Waals surface area (Å²) in [7, 11) is 0. The van der Waals surface area contributed by atoms with Crippen molar-refractivity contribution in [1.82, 2.24) is 5.32 Å². The molecule has 0 saturated heterocycles. The quantitative estimate of drug-likeness (QED) is 0.779. The number of hydrogen-bond acceptors (Lipinski definition) is 4. The molecule has 1 aromatic carbocycles. The summed E-state index contributed by atoms with van der Waals surface area (Å²) in [4.78, 5) is 0. The maximum atomic E-state index is 9.82. The fourth-order valence-corrected chi connectivity index (χ4v) is 1.48. The predicted octanol–water partition coefficient (Wildman–Crippen LogP) is 1.62. The van der Waals surface area contributed by atoms with Crippen LogP contribution in [0.1, 0.15) is 19.4 Å². The number of hydrogen-bond donors (Lipinski definition) is 2. The van der Waals surface area contributed by atoms with Gasteiger partial charge in [-0.2, -0.15) is 0 Å². The van der Waals surface area contributed by atoms with Crippen LogP contribution in [0.25, 0.3) is 0 Å². The smallest absolute Gasteiger partial charge is 0.231 e. The van der Waals surface area contributed by atoms with Gasteiger partial charge < -0.3 is 14.6 Å². The summed E-state index contributed by atoms with van der Waals surface area (Å²) in [6.07, 6.45) is 5.38. The van der Waals surface area contributed by atoms with Gasteiger partial charge in [0.25, 0.3) is 0 Å². The number of ether oxygens (including phenoxy) is 2. The van der Waals surface area contributed by atoms with Crippen molar-refractivity contribution >= 4 is 0 Å². The lowest BCUT2D eigenvalue weighted by atomic mass is 10.1. The Morgan fingerprint density at radius 3 is 2.71 bits per heavy atom. The van der Waals surface area contributed by atoms with Crippen molar-refractivity contribution in [2.75, 3.05) is 6.79 Å². The molecule has 2 rings (SSSR count). The second kappa shape index (κ2) is 4.19. The van der Waals surface area contributed by atoms with E-state index >= 15 is 0 Å². The van der Waals surface area contributed by atoms with Crippen molar-refractivity contribution in [2.24, 2.45) is 0 Å². The normalized spacial score (nSPS) is 13.5. The summed E-state index contributed by atoms with van der Waals surface area (Å²) in [5.74, 6) is 4.03. The molecule has 0 spiro atoms. The lowest BCUT2D eigenvalue weighted by Gasteiger charge is -2.20. The minimum Gasteiger partial charge on any atom is -0.507 e. The second-order valence-corrected chi connectivity index (χ2v) is 4.46. The second-order valence-electron chi connectivity index (χ2n) is 4.46. The molecule has 0 amide bonds. The monoisotopic (exact) mass is 233 g/mol. The van der Waals surface area contributed by atoms with Gasteiger partial charge >= 0.3 is 0 Å². The van der Waals surface area contributed by atoms with E-state index in [1.807, 2.05) is 13.8 Å². The Bertz CT molecular complexity index is 474. The number of rotatable bonds is 3. The van der Waals surface area contributed by atoms with Crippen LogP contribution in [0, 0.1) is 12.3 Å². The topological polar surface area (TPSA) is 50.7 Å². The van der Waals surface area contributed by atoms with Crippen LogP contribution in [0.5, 0.6) is 17.2 Å². The molecule has 0 bridgehead atoms. The van der Waals surface area contributed by atoms with E-state index in [-0.39, 0.29) is 12.5 Å². The summed E-state index contributed by atoms with van der Waals surface area (Å²) < 4.78 is 10.4. The first-order valence-electron chi connectivity index (χ1n) is 5.36. The first kappa shape index (κ1) is 11.6. The highest BCUT2D eigenvalue weighted by molar-refractivity contribution is 5.51. The average Bonchev–Trinajstić information content (AvgIpc) is 2.73. The molecule has 0 aliphatic carbocycles. The number of nitrogens with one attached hydrogen (secondary N) is 1. The molecule has 1 aliphatic rings. The largest absolute Gasteiger partial charge is 0.507 e. The lowest BCUT2D eigenvalue weighted by Crippen LogP contribution is -2.36. The third-order valence-electron chi connectivity index (χ3n) is 2.66. The van der Waals surface area contributed by atoms with Crippen molar-refractivity contribution in [2.45, 2.75) is 25.9 Å². The molecule has 1 aromatic rings. The SMILES string of the molecule is C#CC(C)(C)NCc1cc2c(cc1O)OCO2. The van der Waals surface area contributed by atoms with Crippen molar-refractivity contribution in [1.29, 1.82) is 0 Å². The highest BCUT2D eigenvalue weighted by atomic mass is 16.7. The van der Waals surface area contributed by atoms with Gasteiger partial charge in [0.05, 0.1) is 5.54 Å². The molecule has 1 heterocycles. The standard InChI is InChI=1S/C13H15NO3/c1-4-13(2,3)14-7-9-5-11-12(6-10(9)15)17-8-16-11/h1,5-6,14-15H,7-8H2,2-3H3. The highest BCUT2D eigenvalue weighted by Crippen LogP contribution is 2.37. The van der Waals surface area contributed by atoms with Crippen LogP contribution in [0.3, 0.4) is 0 Å². The van der Waals surface area contributed by atoms with E-state index in [9.17, 15) is 5.11 Å². The lowest BCUT2D eigenvalue weighted by molar-refractivity contribution is 0.174. The predicted molar refractivity (Wildman–Crippen MR) is 64.0 cm³/mol. The van der Waals surface area contributed by atoms with Gasteiger partial charge in [0.1, 0.15) is 5.75 Å². The Labute approximate surface area is 101 Å². The number of benzene rings is 1. The first-order valence-corrected chi connectivity index (χ1v) is 5.36. The van der Waals surface area contributed by atoms with Crippen LogP contribution in [0.2, 0.25) is 0 Å². The van der Waals surface area contributed by atoms with Crippen LogP contribution >= 0.6 is 0 Å². The zero-order valence-corrected chi connectivity index (χ0v) is 9.91. The molecule has 0 unspecified atom stereocenters. The van der Waals surface area contributed by atoms with E-state index in [2.05, 4.69) is 11.2 Å². The van der Waals surface area contributed by atoms with Crippen LogP contribution in [-0.2, 0) is 6.54 Å². The van der Waals surface area contributed by atoms with Crippen LogP contribution < -0.4 is 14.8 Å². The molecule has 0 saturated carbocycles. The van der Waals surface area contributed by atoms with Gasteiger partial charge in [-0.25, -0.2) is 0 Å². The zero-order valence-electron chi connectivity index (χ0n) is 9.91. The molecule has 90 valence electrons. The third-order valence-corrected chi connectivity index (χ3v) is 2.66. The van der Waals surface area contributed by atoms with Gasteiger partial charge in [0.15, 0.2) is 11.5 Å². The van der Waals surface area contributed by atoms with E-state index in [0.717, 1.165) is 5.56 Å². The maximum absolute atomic E-state index is 9.82. The van der Waals surface area contributed by atoms with Crippen molar-refractivity contribution < 1.29 is 14.6 Å². The molecule has 4 heteroatoms. The molecular weight excluding hydrogens is 218 g/mol. The van der Waals surface area contributed by atoms with Crippen LogP contribution in [0.15, 0.2) is 12.1 Å². The Balaban J connectivity index is 2.15. The number of terminal acetylenes is 1. The van der Waals surface area contributed by atoms with Gasteiger partial charge in [-0.1, -0.05) is 5.92 Å². The summed E-state index contributed by atoms with van der Waals surface area (Å²) in [6, 6.07) is 3.32. The molecule has 2 N–H and O–H groups in total. The molecule has 4 nitrogen and oxygen atoms in total. The minimum absolute atomic E-state index is 0.176. The van der Waals surface area contributed by atoms with Crippen LogP contribution in [0.4, 0.5) is 0 Å². The number of aromatic hydroxyl groups is 1. The summed E-state index contributed by atoms with van der Waals surface area (Å²) >= 11 is 0. The van der Waals surface area contributed by atoms with E-state index in [1.165, 1.54) is 0 Å². The summed E-state index contributed by atoms with van der Waals surface area (Å²) in [5, 5.41) is 13.0. The van der Waals surface area contributed by atoms with Gasteiger partial charge in [-0.15, -0.1) is 6.42 Å². The fourth-order valence-electron chi connectivity index (χ4n) is 1.48. The average molecular weight is 233 g/mol. The fraction of sp³-hybridized carbons (Fsp3) is 0.385. The van der Waals surface area contributed by atoms with E-state index in [4.69, 9.17) is 15.9 Å². The van der Waals surface area contributed by atoms with Crippen molar-refractivity contribution in [3.8, 4) is 29.6 Å². The molecular formula is C13H15NO3. The maximum Gasteiger partial charge on any atom is 0.231 e. The molecule has 0 fully saturated rings. The van der Waals surface area contributed by atoms with Gasteiger partial charge in [0, 0.05) is 18.2 Å². The molecule has 17 heavy (non-hydrogen) atoms. The Hall–Kier alpha value is -1.86. The summed E-state index contributed by atoms with van der Waals surface area (Å²) in [6.45, 7) is 4.47. The summed E-state index contributed by atoms with van der Waals surface area (Å²) in [5.41, 5.74) is 0.320. The first-order chi connectivity index (χ1) is 8.02. The van der Waals surface area contributed by atoms with E-state index in [0.29, 0.717) is 18.0 Å². The minimum atomic E-state index is -0.414. The van der Waals surface area contributed by atoms with Gasteiger partial charge in [-0.05, 0) is 19.9 Å². The van der Waals surface area contributed by atoms with Crippen LogP contribution in [-0.4, -0.2) is 17.4 Å². The number of fused-ring (bicyclic) bond motifs is 1. The van der Waals surface area contributed by atoms with Crippen molar-refractivity contribution in [3.05, 3.63) is 17.7 Å². The van der Waals surface area contributed by atoms with Crippen molar-refractivity contribution in [3.63, 3.8) is 0 Å². The third kappa shape index (κ3) is 2.45. The zero-order chi connectivity index (χ0) is 12.5. The number of phenolic OH excluding ortho intramolecular Hbond substituents is 1. The molecule has 0 radical (unpaired) electrons. The molecule has 1 aliphatic heterocycles. The van der Waals surface area contributed by atoms with E-state index in [1.54, 1.807) is 12.1 Å². The Morgan fingerprint density at radius 2 is 2.06 bits per heavy atom. The molecule has 0 aromatic heterocycles. The van der Waals surface area contributed by atoms with Gasteiger partial charge in [-0.3, -0.25) is 5.32 Å².